The van der Waals surface area contributed by atoms with Crippen molar-refractivity contribution in [2.75, 3.05) is 6.54 Å². The van der Waals surface area contributed by atoms with E-state index in [0.29, 0.717) is 6.04 Å². The molecule has 0 aromatic carbocycles. The molecule has 1 fully saturated rings. The molecular weight excluding hydrogens is 196 g/mol. The van der Waals surface area contributed by atoms with Crippen LogP contribution in [0.1, 0.15) is 44.7 Å². The van der Waals surface area contributed by atoms with E-state index in [-0.39, 0.29) is 0 Å². The van der Waals surface area contributed by atoms with Crippen molar-refractivity contribution in [1.82, 2.24) is 10.3 Å². The van der Waals surface area contributed by atoms with Crippen molar-refractivity contribution in [2.24, 2.45) is 11.8 Å². The van der Waals surface area contributed by atoms with Crippen LogP contribution < -0.4 is 5.32 Å². The van der Waals surface area contributed by atoms with Crippen LogP contribution in [0.4, 0.5) is 0 Å². The first-order valence-electron chi connectivity index (χ1n) is 6.39. The third-order valence-corrected chi connectivity index (χ3v) is 3.70. The zero-order valence-electron chi connectivity index (χ0n) is 10.3. The van der Waals surface area contributed by atoms with E-state index < -0.39 is 0 Å². The molecule has 16 heavy (non-hydrogen) atoms. The Kier molecular flexibility index (Phi) is 3.94. The molecule has 1 saturated carbocycles. The summed E-state index contributed by atoms with van der Waals surface area (Å²) in [6, 6.07) is 4.57. The Morgan fingerprint density at radius 1 is 1.50 bits per heavy atom. The van der Waals surface area contributed by atoms with Gasteiger partial charge >= 0.3 is 0 Å². The topological polar surface area (TPSA) is 24.9 Å². The molecule has 1 heterocycles. The van der Waals surface area contributed by atoms with E-state index in [1.807, 2.05) is 18.5 Å². The lowest BCUT2D eigenvalue weighted by molar-refractivity contribution is 0.440. The van der Waals surface area contributed by atoms with E-state index >= 15 is 0 Å². The predicted molar refractivity (Wildman–Crippen MR) is 67.2 cm³/mol. The average molecular weight is 218 g/mol. The Labute approximate surface area is 98.5 Å². The second-order valence-corrected chi connectivity index (χ2v) is 5.20. The maximum Gasteiger partial charge on any atom is 0.0315 e. The summed E-state index contributed by atoms with van der Waals surface area (Å²) in [5, 5.41) is 3.62. The first kappa shape index (κ1) is 11.6. The molecule has 1 N–H and O–H groups in total. The van der Waals surface area contributed by atoms with E-state index in [1.54, 1.807) is 0 Å². The van der Waals surface area contributed by atoms with Crippen molar-refractivity contribution in [3.63, 3.8) is 0 Å². The number of aromatic nitrogens is 1. The second kappa shape index (κ2) is 5.44. The van der Waals surface area contributed by atoms with Gasteiger partial charge in [0, 0.05) is 18.4 Å². The fraction of sp³-hybridized carbons (Fsp3) is 0.643. The summed E-state index contributed by atoms with van der Waals surface area (Å²) in [6.07, 6.45) is 7.98. The van der Waals surface area contributed by atoms with Crippen LogP contribution in [0.5, 0.6) is 0 Å². The minimum atomic E-state index is 0.421. The molecule has 1 aliphatic carbocycles. The van der Waals surface area contributed by atoms with Crippen LogP contribution in [0, 0.1) is 11.8 Å². The summed E-state index contributed by atoms with van der Waals surface area (Å²) < 4.78 is 0. The van der Waals surface area contributed by atoms with Gasteiger partial charge in [0.2, 0.25) is 0 Å². The van der Waals surface area contributed by atoms with Crippen LogP contribution in [0.15, 0.2) is 24.5 Å². The van der Waals surface area contributed by atoms with Gasteiger partial charge in [-0.3, -0.25) is 4.98 Å². The molecule has 3 unspecified atom stereocenters. The molecule has 0 bridgehead atoms. The highest BCUT2D eigenvalue weighted by Gasteiger charge is 2.21. The molecule has 2 nitrogen and oxygen atoms in total. The zero-order valence-corrected chi connectivity index (χ0v) is 10.3. The van der Waals surface area contributed by atoms with Crippen molar-refractivity contribution >= 4 is 0 Å². The molecule has 0 saturated heterocycles. The van der Waals surface area contributed by atoms with Crippen LogP contribution in [-0.4, -0.2) is 11.5 Å². The van der Waals surface area contributed by atoms with Gasteiger partial charge in [-0.15, -0.1) is 0 Å². The van der Waals surface area contributed by atoms with Crippen molar-refractivity contribution < 1.29 is 0 Å². The van der Waals surface area contributed by atoms with Gasteiger partial charge in [-0.1, -0.05) is 19.4 Å². The van der Waals surface area contributed by atoms with Crippen molar-refractivity contribution in [2.45, 2.75) is 39.2 Å². The second-order valence-electron chi connectivity index (χ2n) is 5.20. The maximum absolute atomic E-state index is 4.16. The number of pyridine rings is 1. The van der Waals surface area contributed by atoms with E-state index in [1.165, 1.54) is 24.8 Å². The highest BCUT2D eigenvalue weighted by atomic mass is 14.9. The molecule has 2 rings (SSSR count). The predicted octanol–water partition coefficient (Wildman–Crippen LogP) is 3.17. The molecule has 3 atom stereocenters. The number of rotatable bonds is 4. The largest absolute Gasteiger partial charge is 0.310 e. The molecule has 1 aliphatic rings. The van der Waals surface area contributed by atoms with Gasteiger partial charge in [-0.05, 0) is 49.8 Å². The molecular formula is C14H22N2. The monoisotopic (exact) mass is 218 g/mol. The highest BCUT2D eigenvalue weighted by molar-refractivity contribution is 5.12. The van der Waals surface area contributed by atoms with Crippen molar-refractivity contribution in [3.8, 4) is 0 Å². The van der Waals surface area contributed by atoms with Gasteiger partial charge in [-0.2, -0.15) is 0 Å². The van der Waals surface area contributed by atoms with Gasteiger partial charge in [0.25, 0.3) is 0 Å². The quantitative estimate of drug-likeness (QED) is 0.839. The molecule has 2 heteroatoms. The Morgan fingerprint density at radius 2 is 2.38 bits per heavy atom. The molecule has 0 aliphatic heterocycles. The van der Waals surface area contributed by atoms with E-state index in [0.717, 1.165) is 18.4 Å². The van der Waals surface area contributed by atoms with Gasteiger partial charge in [-0.25, -0.2) is 0 Å². The lowest BCUT2D eigenvalue weighted by Gasteiger charge is -2.17. The molecule has 0 spiro atoms. The normalized spacial score (nSPS) is 26.9. The van der Waals surface area contributed by atoms with Gasteiger partial charge < -0.3 is 5.32 Å². The third-order valence-electron chi connectivity index (χ3n) is 3.70. The Bertz CT molecular complexity index is 310. The fourth-order valence-corrected chi connectivity index (χ4v) is 2.60. The van der Waals surface area contributed by atoms with Gasteiger partial charge in [0.15, 0.2) is 0 Å². The number of hydrogen-bond acceptors (Lipinski definition) is 2. The first-order chi connectivity index (χ1) is 7.75. The van der Waals surface area contributed by atoms with E-state index in [2.05, 4.69) is 30.2 Å². The minimum Gasteiger partial charge on any atom is -0.310 e. The maximum atomic E-state index is 4.16. The average Bonchev–Trinajstić information content (AvgIpc) is 2.73. The smallest absolute Gasteiger partial charge is 0.0315 e. The highest BCUT2D eigenvalue weighted by Crippen LogP contribution is 2.30. The van der Waals surface area contributed by atoms with Gasteiger partial charge in [0.05, 0.1) is 0 Å². The SMILES string of the molecule is CC1CCC(CNC(C)c2cccnc2)C1. The third kappa shape index (κ3) is 3.05. The molecule has 1 aromatic heterocycles. The molecule has 0 radical (unpaired) electrons. The van der Waals surface area contributed by atoms with Crippen molar-refractivity contribution in [1.29, 1.82) is 0 Å². The zero-order chi connectivity index (χ0) is 11.4. The number of hydrogen-bond donors (Lipinski definition) is 1. The van der Waals surface area contributed by atoms with Crippen LogP contribution in [-0.2, 0) is 0 Å². The van der Waals surface area contributed by atoms with E-state index in [9.17, 15) is 0 Å². The Morgan fingerprint density at radius 3 is 3.00 bits per heavy atom. The van der Waals surface area contributed by atoms with Crippen LogP contribution in [0.25, 0.3) is 0 Å². The van der Waals surface area contributed by atoms with Gasteiger partial charge in [0.1, 0.15) is 0 Å². The fourth-order valence-electron chi connectivity index (χ4n) is 2.60. The van der Waals surface area contributed by atoms with Crippen molar-refractivity contribution in [3.05, 3.63) is 30.1 Å². The molecule has 0 amide bonds. The Hall–Kier alpha value is -0.890. The summed E-state index contributed by atoms with van der Waals surface area (Å²) in [7, 11) is 0. The lowest BCUT2D eigenvalue weighted by Crippen LogP contribution is -2.24. The standard InChI is InChI=1S/C14H22N2/c1-11-5-6-13(8-11)9-16-12(2)14-4-3-7-15-10-14/h3-4,7,10-13,16H,5-6,8-9H2,1-2H3. The summed E-state index contributed by atoms with van der Waals surface area (Å²) in [5.74, 6) is 1.81. The lowest BCUT2D eigenvalue weighted by atomic mass is 10.1. The van der Waals surface area contributed by atoms with E-state index in [4.69, 9.17) is 0 Å². The number of nitrogens with zero attached hydrogens (tertiary/aromatic N) is 1. The number of nitrogens with one attached hydrogen (secondary N) is 1. The summed E-state index contributed by atoms with van der Waals surface area (Å²) in [6.45, 7) is 5.74. The van der Waals surface area contributed by atoms with Crippen LogP contribution in [0.3, 0.4) is 0 Å². The first-order valence-corrected chi connectivity index (χ1v) is 6.39. The minimum absolute atomic E-state index is 0.421. The summed E-state index contributed by atoms with van der Waals surface area (Å²) in [5.41, 5.74) is 1.29. The van der Waals surface area contributed by atoms with Crippen LogP contribution in [0.2, 0.25) is 0 Å². The summed E-state index contributed by atoms with van der Waals surface area (Å²) >= 11 is 0. The Balaban J connectivity index is 1.78. The summed E-state index contributed by atoms with van der Waals surface area (Å²) in [4.78, 5) is 4.16. The van der Waals surface area contributed by atoms with Crippen LogP contribution >= 0.6 is 0 Å². The molecule has 1 aromatic rings. The molecule has 88 valence electrons.